The third-order valence-corrected chi connectivity index (χ3v) is 1.60. The van der Waals surface area contributed by atoms with E-state index in [4.69, 9.17) is 28.5 Å². The molecule has 13 heavy (non-hydrogen) atoms. The summed E-state index contributed by atoms with van der Waals surface area (Å²) in [6, 6.07) is 3.25. The number of aromatic nitrogens is 1. The molecule has 66 valence electrons. The second-order valence-electron chi connectivity index (χ2n) is 1.98. The number of hydrogen-bond acceptors (Lipinski definition) is 4. The van der Waals surface area contributed by atoms with Gasteiger partial charge in [0.05, 0.1) is 10.0 Å². The Balaban J connectivity index is 2.79. The molecule has 1 heterocycles. The topological polar surface area (TPSA) is 61.1 Å². The van der Waals surface area contributed by atoms with Crippen LogP contribution < -0.4 is 5.43 Å². The minimum Gasteiger partial charge on any atom is -0.259 e. The normalized spacial score (nSPS) is 9.92. The van der Waals surface area contributed by atoms with Gasteiger partial charge in [0.25, 0.3) is 0 Å². The lowest BCUT2D eigenvalue weighted by Crippen LogP contribution is -1.92. The molecule has 1 aromatic heterocycles. The van der Waals surface area contributed by atoms with Crippen LogP contribution in [0.1, 0.15) is 0 Å². The van der Waals surface area contributed by atoms with Crippen molar-refractivity contribution in [1.82, 2.24) is 4.98 Å². The molecule has 0 radical (unpaired) electrons. The van der Waals surface area contributed by atoms with Crippen LogP contribution in [-0.2, 0) is 0 Å². The van der Waals surface area contributed by atoms with Gasteiger partial charge in [-0.2, -0.15) is 10.4 Å². The first kappa shape index (κ1) is 9.78. The van der Waals surface area contributed by atoms with Gasteiger partial charge in [-0.1, -0.05) is 23.2 Å². The summed E-state index contributed by atoms with van der Waals surface area (Å²) >= 11 is 11.4. The van der Waals surface area contributed by atoms with Crippen molar-refractivity contribution in [2.75, 3.05) is 5.43 Å². The van der Waals surface area contributed by atoms with Gasteiger partial charge in [0, 0.05) is 6.20 Å². The van der Waals surface area contributed by atoms with Gasteiger partial charge in [0.2, 0.25) is 0 Å². The van der Waals surface area contributed by atoms with E-state index < -0.39 is 0 Å². The molecule has 0 aromatic carbocycles. The van der Waals surface area contributed by atoms with Crippen molar-refractivity contribution < 1.29 is 0 Å². The van der Waals surface area contributed by atoms with Gasteiger partial charge in [-0.15, -0.1) is 0 Å². The van der Waals surface area contributed by atoms with Crippen molar-refractivity contribution in [3.05, 3.63) is 22.3 Å². The highest BCUT2D eigenvalue weighted by Crippen LogP contribution is 2.22. The summed E-state index contributed by atoms with van der Waals surface area (Å²) < 4.78 is 0. The van der Waals surface area contributed by atoms with E-state index in [2.05, 4.69) is 15.5 Å². The number of nitriles is 1. The minimum absolute atomic E-state index is 0.350. The summed E-state index contributed by atoms with van der Waals surface area (Å²) in [4.78, 5) is 3.85. The highest BCUT2D eigenvalue weighted by atomic mass is 35.5. The van der Waals surface area contributed by atoms with Crippen LogP contribution in [0.25, 0.3) is 0 Å². The van der Waals surface area contributed by atoms with Gasteiger partial charge in [-0.3, -0.25) is 5.43 Å². The van der Waals surface area contributed by atoms with E-state index in [9.17, 15) is 0 Å². The Morgan fingerprint density at radius 1 is 1.62 bits per heavy atom. The van der Waals surface area contributed by atoms with Crippen molar-refractivity contribution in [3.8, 4) is 6.07 Å². The SMILES string of the molecule is N#C/C=N/Nc1ncc(Cl)cc1Cl. The van der Waals surface area contributed by atoms with Gasteiger partial charge < -0.3 is 0 Å². The van der Waals surface area contributed by atoms with Crippen molar-refractivity contribution in [2.45, 2.75) is 0 Å². The van der Waals surface area contributed by atoms with Crippen LogP contribution in [0.15, 0.2) is 17.4 Å². The molecular weight excluding hydrogens is 211 g/mol. The smallest absolute Gasteiger partial charge is 0.165 e. The van der Waals surface area contributed by atoms with Crippen molar-refractivity contribution in [1.29, 1.82) is 5.26 Å². The maximum Gasteiger partial charge on any atom is 0.165 e. The lowest BCUT2D eigenvalue weighted by Gasteiger charge is -2.00. The predicted molar refractivity (Wildman–Crippen MR) is 52.0 cm³/mol. The molecule has 1 rings (SSSR count). The molecule has 0 unspecified atom stereocenters. The van der Waals surface area contributed by atoms with Crippen LogP contribution in [0.4, 0.5) is 5.82 Å². The van der Waals surface area contributed by atoms with Crippen LogP contribution >= 0.6 is 23.2 Å². The van der Waals surface area contributed by atoms with Crippen molar-refractivity contribution >= 4 is 35.2 Å². The van der Waals surface area contributed by atoms with E-state index in [0.29, 0.717) is 15.9 Å². The van der Waals surface area contributed by atoms with Crippen LogP contribution in [0.2, 0.25) is 10.0 Å². The number of nitrogens with one attached hydrogen (secondary N) is 1. The maximum atomic E-state index is 8.14. The van der Waals surface area contributed by atoms with Crippen LogP contribution in [0.3, 0.4) is 0 Å². The highest BCUT2D eigenvalue weighted by molar-refractivity contribution is 6.35. The number of hydrazone groups is 1. The highest BCUT2D eigenvalue weighted by Gasteiger charge is 2.00. The summed E-state index contributed by atoms with van der Waals surface area (Å²) in [5.74, 6) is 0.359. The van der Waals surface area contributed by atoms with E-state index in [0.717, 1.165) is 6.21 Å². The summed E-state index contributed by atoms with van der Waals surface area (Å²) in [6.45, 7) is 0. The number of nitrogens with zero attached hydrogens (tertiary/aromatic N) is 3. The van der Waals surface area contributed by atoms with E-state index in [-0.39, 0.29) is 0 Å². The summed E-state index contributed by atoms with van der Waals surface area (Å²) in [6.07, 6.45) is 2.46. The molecule has 0 saturated heterocycles. The number of halogens is 2. The molecule has 0 fully saturated rings. The first-order chi connectivity index (χ1) is 6.24. The zero-order chi connectivity index (χ0) is 9.68. The first-order valence-corrected chi connectivity index (χ1v) is 3.98. The van der Waals surface area contributed by atoms with Crippen LogP contribution in [0.5, 0.6) is 0 Å². The molecule has 0 aliphatic carbocycles. The molecule has 4 nitrogen and oxygen atoms in total. The van der Waals surface area contributed by atoms with E-state index in [1.165, 1.54) is 12.3 Å². The largest absolute Gasteiger partial charge is 0.259 e. The molecule has 6 heteroatoms. The molecule has 0 aliphatic rings. The molecule has 0 atom stereocenters. The third kappa shape index (κ3) is 2.90. The minimum atomic E-state index is 0.350. The van der Waals surface area contributed by atoms with Gasteiger partial charge in [-0.25, -0.2) is 4.98 Å². The van der Waals surface area contributed by atoms with Crippen molar-refractivity contribution in [2.24, 2.45) is 5.10 Å². The molecule has 1 N–H and O–H groups in total. The number of rotatable bonds is 2. The average molecular weight is 215 g/mol. The average Bonchev–Trinajstić information content (AvgIpc) is 2.09. The Kier molecular flexibility index (Phi) is 3.50. The standard InChI is InChI=1S/C7H4Cl2N4/c8-5-3-6(9)7(11-4-5)13-12-2-1-10/h2-4H,(H,11,13)/b12-2+. The number of anilines is 1. The second-order valence-corrected chi connectivity index (χ2v) is 2.83. The summed E-state index contributed by atoms with van der Waals surface area (Å²) in [5.41, 5.74) is 2.49. The molecule has 0 amide bonds. The maximum absolute atomic E-state index is 8.14. The number of hydrogen-bond donors (Lipinski definition) is 1. The number of pyridine rings is 1. The Morgan fingerprint density at radius 2 is 2.38 bits per heavy atom. The molecule has 1 aromatic rings. The zero-order valence-corrected chi connectivity index (χ0v) is 7.84. The summed E-state index contributed by atoms with van der Waals surface area (Å²) in [5, 5.41) is 12.5. The Hall–Kier alpha value is -1.31. The van der Waals surface area contributed by atoms with Gasteiger partial charge in [-0.05, 0) is 6.07 Å². The van der Waals surface area contributed by atoms with E-state index >= 15 is 0 Å². The van der Waals surface area contributed by atoms with E-state index in [1.807, 2.05) is 0 Å². The molecule has 0 bridgehead atoms. The lowest BCUT2D eigenvalue weighted by molar-refractivity contribution is 1.23. The zero-order valence-electron chi connectivity index (χ0n) is 6.33. The molecule has 0 aliphatic heterocycles. The first-order valence-electron chi connectivity index (χ1n) is 3.22. The van der Waals surface area contributed by atoms with E-state index in [1.54, 1.807) is 6.07 Å². The van der Waals surface area contributed by atoms with Crippen molar-refractivity contribution in [3.63, 3.8) is 0 Å². The lowest BCUT2D eigenvalue weighted by atomic mass is 10.5. The summed E-state index contributed by atoms with van der Waals surface area (Å²) in [7, 11) is 0. The Labute approximate surface area is 84.8 Å². The second kappa shape index (κ2) is 4.65. The van der Waals surface area contributed by atoms with Gasteiger partial charge in [0.15, 0.2) is 5.82 Å². The quantitative estimate of drug-likeness (QED) is 0.608. The van der Waals surface area contributed by atoms with Gasteiger partial charge in [0.1, 0.15) is 12.3 Å². The third-order valence-electron chi connectivity index (χ3n) is 1.10. The monoisotopic (exact) mass is 214 g/mol. The van der Waals surface area contributed by atoms with Crippen LogP contribution in [0, 0.1) is 11.3 Å². The predicted octanol–water partition coefficient (Wildman–Crippen LogP) is 2.31. The Bertz CT molecular complexity index is 369. The van der Waals surface area contributed by atoms with Gasteiger partial charge >= 0.3 is 0 Å². The fourth-order valence-corrected chi connectivity index (χ4v) is 1.04. The molecule has 0 saturated carbocycles. The Morgan fingerprint density at radius 3 is 3.00 bits per heavy atom. The fraction of sp³-hybridized carbons (Fsp3) is 0. The molecule has 0 spiro atoms. The molecular formula is C7H4Cl2N4. The fourth-order valence-electron chi connectivity index (χ4n) is 0.619. The van der Waals surface area contributed by atoms with Crippen LogP contribution in [-0.4, -0.2) is 11.2 Å².